The molecule has 1 aliphatic heterocycles. The summed E-state index contributed by atoms with van der Waals surface area (Å²) < 4.78 is 5.60. The first-order valence-electron chi connectivity index (χ1n) is 8.22. The van der Waals surface area contributed by atoms with Crippen LogP contribution in [-0.2, 0) is 11.2 Å². The molecular weight excluding hydrogens is 266 g/mol. The Hall–Kier alpha value is -1.14. The highest BCUT2D eigenvalue weighted by molar-refractivity contribution is 5.32. The molecule has 1 saturated carbocycles. The minimum atomic E-state index is 0.222. The first kappa shape index (κ1) is 14.8. The van der Waals surface area contributed by atoms with E-state index in [-0.39, 0.29) is 6.04 Å². The van der Waals surface area contributed by atoms with Crippen molar-refractivity contribution < 1.29 is 4.74 Å². The lowest BCUT2D eigenvalue weighted by molar-refractivity contribution is -0.0245. The van der Waals surface area contributed by atoms with Crippen LogP contribution < -0.4 is 10.6 Å². The van der Waals surface area contributed by atoms with Gasteiger partial charge in [0.2, 0.25) is 5.95 Å². The standard InChI is InChI=1S/C15H27N5O/c1-3-21-12-7-11(8-12)9-14-17-15(19-18-14)20-6-4-5-13(16)10(20)2/h10-13H,3-9,16H2,1-2H3,(H,17,18,19). The molecule has 1 aliphatic carbocycles. The fraction of sp³-hybridized carbons (Fsp3) is 0.867. The van der Waals surface area contributed by atoms with Crippen molar-refractivity contribution in [3.05, 3.63) is 5.82 Å². The van der Waals surface area contributed by atoms with E-state index < -0.39 is 0 Å². The van der Waals surface area contributed by atoms with Crippen molar-refractivity contribution in [1.82, 2.24) is 15.2 Å². The van der Waals surface area contributed by atoms with Gasteiger partial charge in [-0.05, 0) is 45.4 Å². The minimum Gasteiger partial charge on any atom is -0.378 e. The van der Waals surface area contributed by atoms with Crippen LogP contribution >= 0.6 is 0 Å². The van der Waals surface area contributed by atoms with Gasteiger partial charge in [-0.3, -0.25) is 5.10 Å². The second-order valence-corrected chi connectivity index (χ2v) is 6.44. The molecule has 0 radical (unpaired) electrons. The van der Waals surface area contributed by atoms with Gasteiger partial charge < -0.3 is 15.4 Å². The molecular formula is C15H27N5O. The average molecular weight is 293 g/mol. The molecule has 2 fully saturated rings. The molecule has 6 heteroatoms. The van der Waals surface area contributed by atoms with Crippen LogP contribution in [-0.4, -0.2) is 46.5 Å². The number of anilines is 1. The lowest BCUT2D eigenvalue weighted by atomic mass is 9.80. The van der Waals surface area contributed by atoms with E-state index in [1.54, 1.807) is 0 Å². The second kappa shape index (κ2) is 6.32. The largest absolute Gasteiger partial charge is 0.378 e. The smallest absolute Gasteiger partial charge is 0.244 e. The number of aromatic nitrogens is 3. The molecule has 1 aromatic heterocycles. The summed E-state index contributed by atoms with van der Waals surface area (Å²) in [5, 5.41) is 7.49. The number of nitrogens with two attached hydrogens (primary N) is 1. The van der Waals surface area contributed by atoms with Crippen LogP contribution in [0.5, 0.6) is 0 Å². The van der Waals surface area contributed by atoms with Crippen molar-refractivity contribution in [2.24, 2.45) is 11.7 Å². The molecule has 3 N–H and O–H groups in total. The quantitative estimate of drug-likeness (QED) is 0.859. The molecule has 21 heavy (non-hydrogen) atoms. The van der Waals surface area contributed by atoms with Crippen LogP contribution in [0, 0.1) is 5.92 Å². The van der Waals surface area contributed by atoms with Gasteiger partial charge in [-0.25, -0.2) is 0 Å². The Bertz CT molecular complexity index is 457. The van der Waals surface area contributed by atoms with Gasteiger partial charge in [-0.1, -0.05) is 0 Å². The number of nitrogens with one attached hydrogen (secondary N) is 1. The number of ether oxygens (including phenoxy) is 1. The number of aromatic amines is 1. The van der Waals surface area contributed by atoms with Gasteiger partial charge >= 0.3 is 0 Å². The van der Waals surface area contributed by atoms with Crippen LogP contribution in [0.1, 0.15) is 45.4 Å². The predicted octanol–water partition coefficient (Wildman–Crippen LogP) is 1.48. The van der Waals surface area contributed by atoms with Gasteiger partial charge in [0.25, 0.3) is 0 Å². The van der Waals surface area contributed by atoms with E-state index in [1.165, 1.54) is 0 Å². The third kappa shape index (κ3) is 3.21. The molecule has 0 bridgehead atoms. The van der Waals surface area contributed by atoms with Gasteiger partial charge in [0.1, 0.15) is 5.82 Å². The first-order valence-corrected chi connectivity index (χ1v) is 8.22. The Balaban J connectivity index is 1.54. The summed E-state index contributed by atoms with van der Waals surface area (Å²) in [5.41, 5.74) is 6.15. The fourth-order valence-corrected chi connectivity index (χ4v) is 3.45. The third-order valence-electron chi connectivity index (χ3n) is 4.90. The Morgan fingerprint density at radius 1 is 1.43 bits per heavy atom. The van der Waals surface area contributed by atoms with E-state index in [1.807, 2.05) is 0 Å². The zero-order chi connectivity index (χ0) is 14.8. The monoisotopic (exact) mass is 293 g/mol. The summed E-state index contributed by atoms with van der Waals surface area (Å²) in [6.45, 7) is 6.04. The van der Waals surface area contributed by atoms with Gasteiger partial charge in [0, 0.05) is 31.7 Å². The topological polar surface area (TPSA) is 80.1 Å². The summed E-state index contributed by atoms with van der Waals surface area (Å²) in [5.74, 6) is 2.49. The van der Waals surface area contributed by atoms with Crippen LogP contribution in [0.3, 0.4) is 0 Å². The predicted molar refractivity (Wildman–Crippen MR) is 82.2 cm³/mol. The summed E-state index contributed by atoms with van der Waals surface area (Å²) in [4.78, 5) is 6.91. The number of H-pyrrole nitrogens is 1. The number of piperidine rings is 1. The highest BCUT2D eigenvalue weighted by atomic mass is 16.5. The van der Waals surface area contributed by atoms with E-state index in [0.29, 0.717) is 18.1 Å². The molecule has 0 spiro atoms. The Morgan fingerprint density at radius 2 is 2.24 bits per heavy atom. The molecule has 1 aromatic rings. The summed E-state index contributed by atoms with van der Waals surface area (Å²) >= 11 is 0. The molecule has 3 rings (SSSR count). The van der Waals surface area contributed by atoms with Crippen LogP contribution in [0.25, 0.3) is 0 Å². The Kier molecular flexibility index (Phi) is 4.45. The molecule has 1 saturated heterocycles. The van der Waals surface area contributed by atoms with E-state index in [9.17, 15) is 0 Å². The summed E-state index contributed by atoms with van der Waals surface area (Å²) in [6.07, 6.45) is 5.95. The average Bonchev–Trinajstić information content (AvgIpc) is 2.88. The van der Waals surface area contributed by atoms with E-state index in [2.05, 4.69) is 33.9 Å². The van der Waals surface area contributed by atoms with E-state index >= 15 is 0 Å². The Labute approximate surface area is 126 Å². The number of hydrogen-bond acceptors (Lipinski definition) is 5. The fourth-order valence-electron chi connectivity index (χ4n) is 3.45. The maximum absolute atomic E-state index is 6.15. The first-order chi connectivity index (χ1) is 10.2. The van der Waals surface area contributed by atoms with Gasteiger partial charge in [-0.15, -0.1) is 5.10 Å². The normalized spacial score (nSPS) is 33.0. The molecule has 6 nitrogen and oxygen atoms in total. The second-order valence-electron chi connectivity index (χ2n) is 6.44. The lowest BCUT2D eigenvalue weighted by Gasteiger charge is -2.36. The van der Waals surface area contributed by atoms with Crippen molar-refractivity contribution >= 4 is 5.95 Å². The SMILES string of the molecule is CCOC1CC(Cc2nc(N3CCCC(N)C3C)n[nH]2)C1. The molecule has 118 valence electrons. The molecule has 0 aromatic carbocycles. The number of rotatable bonds is 5. The lowest BCUT2D eigenvalue weighted by Crippen LogP contribution is -2.51. The van der Waals surface area contributed by atoms with Crippen molar-refractivity contribution in [3.63, 3.8) is 0 Å². The molecule has 2 aliphatic rings. The van der Waals surface area contributed by atoms with E-state index in [0.717, 1.165) is 57.0 Å². The van der Waals surface area contributed by atoms with Crippen molar-refractivity contribution in [1.29, 1.82) is 0 Å². The maximum Gasteiger partial charge on any atom is 0.244 e. The van der Waals surface area contributed by atoms with Crippen molar-refractivity contribution in [3.8, 4) is 0 Å². The highest BCUT2D eigenvalue weighted by Gasteiger charge is 2.31. The molecule has 2 heterocycles. The zero-order valence-electron chi connectivity index (χ0n) is 13.1. The Morgan fingerprint density at radius 3 is 3.00 bits per heavy atom. The minimum absolute atomic E-state index is 0.222. The van der Waals surface area contributed by atoms with Gasteiger partial charge in [0.15, 0.2) is 0 Å². The molecule has 0 amide bonds. The highest BCUT2D eigenvalue weighted by Crippen LogP contribution is 2.32. The van der Waals surface area contributed by atoms with E-state index in [4.69, 9.17) is 10.5 Å². The zero-order valence-corrected chi connectivity index (χ0v) is 13.1. The summed E-state index contributed by atoms with van der Waals surface area (Å²) in [6, 6.07) is 0.535. The number of hydrogen-bond donors (Lipinski definition) is 2. The van der Waals surface area contributed by atoms with Crippen LogP contribution in [0.2, 0.25) is 0 Å². The van der Waals surface area contributed by atoms with Gasteiger partial charge in [-0.2, -0.15) is 4.98 Å². The van der Waals surface area contributed by atoms with Crippen LogP contribution in [0.4, 0.5) is 5.95 Å². The van der Waals surface area contributed by atoms with Crippen molar-refractivity contribution in [2.45, 2.75) is 64.1 Å². The maximum atomic E-state index is 6.15. The third-order valence-corrected chi connectivity index (χ3v) is 4.90. The molecule has 2 atom stereocenters. The number of nitrogens with zero attached hydrogens (tertiary/aromatic N) is 3. The van der Waals surface area contributed by atoms with Gasteiger partial charge in [0.05, 0.1) is 6.10 Å². The summed E-state index contributed by atoms with van der Waals surface area (Å²) in [7, 11) is 0. The van der Waals surface area contributed by atoms with Crippen molar-refractivity contribution in [2.75, 3.05) is 18.1 Å². The van der Waals surface area contributed by atoms with Crippen LogP contribution in [0.15, 0.2) is 0 Å². The molecule has 2 unspecified atom stereocenters.